The second-order valence-electron chi connectivity index (χ2n) is 4.12. The van der Waals surface area contributed by atoms with Crippen LogP contribution in [-0.4, -0.2) is 22.5 Å². The number of aromatic nitrogens is 1. The summed E-state index contributed by atoms with van der Waals surface area (Å²) in [6.07, 6.45) is 2.55. The number of hydrogen-bond donors (Lipinski definition) is 1. The van der Waals surface area contributed by atoms with Gasteiger partial charge in [-0.2, -0.15) is 11.8 Å². The van der Waals surface area contributed by atoms with Gasteiger partial charge in [0.05, 0.1) is 11.4 Å². The molecule has 0 aromatic carbocycles. The predicted octanol–water partition coefficient (Wildman–Crippen LogP) is 3.01. The molecule has 1 saturated heterocycles. The summed E-state index contributed by atoms with van der Waals surface area (Å²) in [5.74, 6) is 2.58. The van der Waals surface area contributed by atoms with Crippen molar-refractivity contribution in [3.63, 3.8) is 0 Å². The van der Waals surface area contributed by atoms with E-state index in [-0.39, 0.29) is 0 Å². The zero-order valence-corrected chi connectivity index (χ0v) is 10.2. The van der Waals surface area contributed by atoms with E-state index in [2.05, 4.69) is 41.1 Å². The molecule has 0 radical (unpaired) electrons. The first-order chi connectivity index (χ1) is 7.25. The topological polar surface area (TPSA) is 24.9 Å². The summed E-state index contributed by atoms with van der Waals surface area (Å²) < 4.78 is 0. The lowest BCUT2D eigenvalue weighted by molar-refractivity contribution is 0.665. The molecule has 0 unspecified atom stereocenters. The standard InChI is InChI=1S/C12H18N2S/c1-9-3-4-12(10(2)13-9)14-11-5-7-15-8-6-11/h3-4,11,14H,5-8H2,1-2H3. The van der Waals surface area contributed by atoms with E-state index in [0.29, 0.717) is 6.04 Å². The van der Waals surface area contributed by atoms with E-state index >= 15 is 0 Å². The first-order valence-corrected chi connectivity index (χ1v) is 6.70. The highest BCUT2D eigenvalue weighted by Crippen LogP contribution is 2.22. The van der Waals surface area contributed by atoms with Crippen molar-refractivity contribution >= 4 is 17.4 Å². The van der Waals surface area contributed by atoms with Gasteiger partial charge in [0.15, 0.2) is 0 Å². The van der Waals surface area contributed by atoms with Crippen molar-refractivity contribution in [2.75, 3.05) is 16.8 Å². The second kappa shape index (κ2) is 4.88. The lowest BCUT2D eigenvalue weighted by atomic mass is 10.1. The third kappa shape index (κ3) is 2.88. The molecule has 0 spiro atoms. The lowest BCUT2D eigenvalue weighted by Gasteiger charge is -2.24. The molecule has 2 rings (SSSR count). The van der Waals surface area contributed by atoms with Crippen LogP contribution < -0.4 is 5.32 Å². The van der Waals surface area contributed by atoms with Crippen LogP contribution in [0.2, 0.25) is 0 Å². The average Bonchev–Trinajstić information content (AvgIpc) is 2.24. The number of thioether (sulfide) groups is 1. The van der Waals surface area contributed by atoms with Crippen molar-refractivity contribution < 1.29 is 0 Å². The summed E-state index contributed by atoms with van der Waals surface area (Å²) in [4.78, 5) is 4.47. The molecule has 0 amide bonds. The van der Waals surface area contributed by atoms with E-state index in [0.717, 1.165) is 11.4 Å². The average molecular weight is 222 g/mol. The molecule has 1 fully saturated rings. The Morgan fingerprint density at radius 1 is 1.27 bits per heavy atom. The minimum absolute atomic E-state index is 0.648. The monoisotopic (exact) mass is 222 g/mol. The number of nitrogens with one attached hydrogen (secondary N) is 1. The van der Waals surface area contributed by atoms with Crippen LogP contribution in [0.4, 0.5) is 5.69 Å². The molecule has 2 heterocycles. The molecule has 1 aromatic rings. The maximum absolute atomic E-state index is 4.47. The molecular weight excluding hydrogens is 204 g/mol. The van der Waals surface area contributed by atoms with Gasteiger partial charge >= 0.3 is 0 Å². The highest BCUT2D eigenvalue weighted by Gasteiger charge is 2.14. The number of pyridine rings is 1. The van der Waals surface area contributed by atoms with Gasteiger partial charge in [-0.3, -0.25) is 4.98 Å². The van der Waals surface area contributed by atoms with Gasteiger partial charge in [-0.05, 0) is 50.3 Å². The second-order valence-corrected chi connectivity index (χ2v) is 5.34. The molecule has 15 heavy (non-hydrogen) atoms. The lowest BCUT2D eigenvalue weighted by Crippen LogP contribution is -2.25. The van der Waals surface area contributed by atoms with Crippen LogP contribution in [0.5, 0.6) is 0 Å². The molecule has 82 valence electrons. The third-order valence-corrected chi connectivity index (χ3v) is 3.85. The van der Waals surface area contributed by atoms with Crippen molar-refractivity contribution in [1.82, 2.24) is 4.98 Å². The Hall–Kier alpha value is -0.700. The summed E-state index contributed by atoms with van der Waals surface area (Å²) in [5.41, 5.74) is 3.42. The number of rotatable bonds is 2. The SMILES string of the molecule is Cc1ccc(NC2CCSCC2)c(C)n1. The van der Waals surface area contributed by atoms with Gasteiger partial charge < -0.3 is 5.32 Å². The highest BCUT2D eigenvalue weighted by molar-refractivity contribution is 7.99. The van der Waals surface area contributed by atoms with E-state index in [4.69, 9.17) is 0 Å². The summed E-state index contributed by atoms with van der Waals surface area (Å²) in [5, 5.41) is 3.60. The van der Waals surface area contributed by atoms with Crippen LogP contribution in [-0.2, 0) is 0 Å². The van der Waals surface area contributed by atoms with Gasteiger partial charge in [0.1, 0.15) is 0 Å². The summed E-state index contributed by atoms with van der Waals surface area (Å²) in [6, 6.07) is 4.88. The van der Waals surface area contributed by atoms with Crippen molar-refractivity contribution in [3.8, 4) is 0 Å². The molecule has 1 aromatic heterocycles. The minimum Gasteiger partial charge on any atom is -0.381 e. The number of nitrogens with zero attached hydrogens (tertiary/aromatic N) is 1. The largest absolute Gasteiger partial charge is 0.381 e. The van der Waals surface area contributed by atoms with Crippen LogP contribution >= 0.6 is 11.8 Å². The van der Waals surface area contributed by atoms with Crippen LogP contribution in [0.1, 0.15) is 24.2 Å². The Balaban J connectivity index is 2.03. The zero-order chi connectivity index (χ0) is 10.7. The van der Waals surface area contributed by atoms with Gasteiger partial charge in [-0.15, -0.1) is 0 Å². The van der Waals surface area contributed by atoms with Crippen molar-refractivity contribution in [2.45, 2.75) is 32.7 Å². The smallest absolute Gasteiger partial charge is 0.0606 e. The first kappa shape index (κ1) is 10.8. The molecule has 3 heteroatoms. The van der Waals surface area contributed by atoms with Crippen LogP contribution in [0, 0.1) is 13.8 Å². The third-order valence-electron chi connectivity index (χ3n) is 2.81. The van der Waals surface area contributed by atoms with E-state index in [1.54, 1.807) is 0 Å². The van der Waals surface area contributed by atoms with E-state index in [1.165, 1.54) is 30.0 Å². The van der Waals surface area contributed by atoms with Gasteiger partial charge in [0.25, 0.3) is 0 Å². The number of anilines is 1. The van der Waals surface area contributed by atoms with Crippen molar-refractivity contribution in [2.24, 2.45) is 0 Å². The van der Waals surface area contributed by atoms with Crippen LogP contribution in [0.25, 0.3) is 0 Å². The van der Waals surface area contributed by atoms with Crippen molar-refractivity contribution in [3.05, 3.63) is 23.5 Å². The fourth-order valence-electron chi connectivity index (χ4n) is 1.90. The fraction of sp³-hybridized carbons (Fsp3) is 0.583. The Morgan fingerprint density at radius 3 is 2.67 bits per heavy atom. The fourth-order valence-corrected chi connectivity index (χ4v) is 3.01. The van der Waals surface area contributed by atoms with Gasteiger partial charge in [-0.1, -0.05) is 0 Å². The van der Waals surface area contributed by atoms with Crippen LogP contribution in [0.15, 0.2) is 12.1 Å². The Morgan fingerprint density at radius 2 is 2.00 bits per heavy atom. The Bertz CT molecular complexity index is 332. The van der Waals surface area contributed by atoms with Gasteiger partial charge in [0, 0.05) is 11.7 Å². The summed E-state index contributed by atoms with van der Waals surface area (Å²) >= 11 is 2.06. The minimum atomic E-state index is 0.648. The number of aryl methyl sites for hydroxylation is 2. The quantitative estimate of drug-likeness (QED) is 0.832. The molecule has 0 atom stereocenters. The normalized spacial score (nSPS) is 17.7. The molecule has 0 bridgehead atoms. The predicted molar refractivity (Wildman–Crippen MR) is 67.7 cm³/mol. The molecule has 0 saturated carbocycles. The van der Waals surface area contributed by atoms with E-state index in [9.17, 15) is 0 Å². The van der Waals surface area contributed by atoms with Gasteiger partial charge in [-0.25, -0.2) is 0 Å². The first-order valence-electron chi connectivity index (χ1n) is 5.54. The van der Waals surface area contributed by atoms with E-state index in [1.807, 2.05) is 6.92 Å². The van der Waals surface area contributed by atoms with Crippen LogP contribution in [0.3, 0.4) is 0 Å². The van der Waals surface area contributed by atoms with Gasteiger partial charge in [0.2, 0.25) is 0 Å². The highest BCUT2D eigenvalue weighted by atomic mass is 32.2. The van der Waals surface area contributed by atoms with Crippen molar-refractivity contribution in [1.29, 1.82) is 0 Å². The maximum atomic E-state index is 4.47. The summed E-state index contributed by atoms with van der Waals surface area (Å²) in [6.45, 7) is 4.11. The van der Waals surface area contributed by atoms with E-state index < -0.39 is 0 Å². The zero-order valence-electron chi connectivity index (χ0n) is 9.42. The summed E-state index contributed by atoms with van der Waals surface area (Å²) in [7, 11) is 0. The molecular formula is C12H18N2S. The molecule has 1 aliphatic rings. The Labute approximate surface area is 95.9 Å². The molecule has 2 nitrogen and oxygen atoms in total. The Kier molecular flexibility index (Phi) is 3.52. The molecule has 1 N–H and O–H groups in total. The molecule has 1 aliphatic heterocycles. The number of hydrogen-bond acceptors (Lipinski definition) is 3. The maximum Gasteiger partial charge on any atom is 0.0606 e. The molecule has 0 aliphatic carbocycles.